The maximum Gasteiger partial charge on any atom is 0.328 e. The Morgan fingerprint density at radius 1 is 0.909 bits per heavy atom. The van der Waals surface area contributed by atoms with Crippen LogP contribution in [0.1, 0.15) is 53.2 Å². The van der Waals surface area contributed by atoms with Crippen LogP contribution in [0.4, 0.5) is 11.4 Å². The summed E-state index contributed by atoms with van der Waals surface area (Å²) in [6.45, 7) is 0.465. The van der Waals surface area contributed by atoms with Crippen LogP contribution in [-0.2, 0) is 16.1 Å². The first-order valence-electron chi connectivity index (χ1n) is 11.3. The summed E-state index contributed by atoms with van der Waals surface area (Å²) in [5, 5.41) is 6.16. The highest BCUT2D eigenvalue weighted by Gasteiger charge is 2.26. The molecule has 1 atom stereocenters. The third-order valence-electron chi connectivity index (χ3n) is 5.89. The lowest BCUT2D eigenvalue weighted by molar-refractivity contribution is -0.151. The van der Waals surface area contributed by atoms with Crippen molar-refractivity contribution in [3.8, 4) is 0 Å². The number of para-hydroxylation sites is 2. The Kier molecular flexibility index (Phi) is 7.37. The monoisotopic (exact) mass is 443 g/mol. The van der Waals surface area contributed by atoms with E-state index in [4.69, 9.17) is 10.5 Å². The Balaban J connectivity index is 1.39. The van der Waals surface area contributed by atoms with E-state index in [1.165, 1.54) is 0 Å². The predicted molar refractivity (Wildman–Crippen MR) is 130 cm³/mol. The molecule has 0 aliphatic heterocycles. The van der Waals surface area contributed by atoms with Crippen molar-refractivity contribution >= 4 is 23.3 Å². The van der Waals surface area contributed by atoms with Crippen LogP contribution in [0, 0.1) is 0 Å². The number of nitrogen functional groups attached to an aromatic ring is 1. The first-order valence-corrected chi connectivity index (χ1v) is 11.3. The Labute approximate surface area is 194 Å². The summed E-state index contributed by atoms with van der Waals surface area (Å²) in [5.74, 6) is -0.473. The lowest BCUT2D eigenvalue weighted by Gasteiger charge is -2.21. The molecule has 1 aliphatic carbocycles. The molecule has 170 valence electrons. The molecule has 0 spiro atoms. The summed E-state index contributed by atoms with van der Waals surface area (Å²) in [4.78, 5) is 25.5. The number of nitrogens with two attached hydrogens (primary N) is 1. The Morgan fingerprint density at radius 3 is 2.27 bits per heavy atom. The normalized spacial score (nSPS) is 14.5. The van der Waals surface area contributed by atoms with Crippen LogP contribution < -0.4 is 16.4 Å². The molecular weight excluding hydrogens is 414 g/mol. The molecule has 0 bridgehead atoms. The number of nitrogens with one attached hydrogen (secondary N) is 2. The van der Waals surface area contributed by atoms with Crippen LogP contribution in [-0.4, -0.2) is 18.0 Å². The first-order chi connectivity index (χ1) is 16.1. The summed E-state index contributed by atoms with van der Waals surface area (Å²) in [6.07, 6.45) is 4.11. The molecule has 1 amide bonds. The third kappa shape index (κ3) is 5.99. The number of carbonyl (C=O) groups excluding carboxylic acids is 2. The first kappa shape index (κ1) is 22.6. The zero-order chi connectivity index (χ0) is 23.0. The second kappa shape index (κ2) is 10.8. The summed E-state index contributed by atoms with van der Waals surface area (Å²) < 4.78 is 5.77. The van der Waals surface area contributed by atoms with Crippen LogP contribution in [0.3, 0.4) is 0 Å². The minimum Gasteiger partial charge on any atom is -0.461 e. The second-order valence-electron chi connectivity index (χ2n) is 8.31. The fourth-order valence-corrected chi connectivity index (χ4v) is 4.02. The number of ether oxygens (including phenoxy) is 1. The topological polar surface area (TPSA) is 93.5 Å². The number of rotatable bonds is 8. The molecule has 33 heavy (non-hydrogen) atoms. The Bertz CT molecular complexity index is 1080. The van der Waals surface area contributed by atoms with Crippen LogP contribution in [0.25, 0.3) is 0 Å². The molecule has 4 N–H and O–H groups in total. The van der Waals surface area contributed by atoms with Gasteiger partial charge in [-0.15, -0.1) is 0 Å². The highest BCUT2D eigenvalue weighted by Crippen LogP contribution is 2.24. The van der Waals surface area contributed by atoms with E-state index in [9.17, 15) is 9.59 Å². The van der Waals surface area contributed by atoms with E-state index in [0.717, 1.165) is 36.8 Å². The van der Waals surface area contributed by atoms with Crippen molar-refractivity contribution in [1.29, 1.82) is 0 Å². The summed E-state index contributed by atoms with van der Waals surface area (Å²) in [5.41, 5.74) is 9.36. The summed E-state index contributed by atoms with van der Waals surface area (Å²) >= 11 is 0. The molecule has 3 aromatic rings. The van der Waals surface area contributed by atoms with Gasteiger partial charge in [-0.1, -0.05) is 54.6 Å². The van der Waals surface area contributed by atoms with Gasteiger partial charge in [-0.05, 0) is 61.1 Å². The molecule has 1 fully saturated rings. The van der Waals surface area contributed by atoms with Crippen molar-refractivity contribution in [1.82, 2.24) is 5.32 Å². The number of benzene rings is 3. The van der Waals surface area contributed by atoms with Crippen molar-refractivity contribution in [3.63, 3.8) is 0 Å². The maximum absolute atomic E-state index is 12.9. The number of esters is 1. The SMILES string of the molecule is Nc1ccccc1NC(=O)c1ccc(CN[C@H](C(=O)OC2CCCC2)c2ccccc2)cc1. The zero-order valence-electron chi connectivity index (χ0n) is 18.5. The van der Waals surface area contributed by atoms with Gasteiger partial charge < -0.3 is 15.8 Å². The molecule has 1 aliphatic rings. The van der Waals surface area contributed by atoms with E-state index in [1.807, 2.05) is 54.6 Å². The molecule has 3 aromatic carbocycles. The van der Waals surface area contributed by atoms with E-state index < -0.39 is 6.04 Å². The molecule has 6 heteroatoms. The van der Waals surface area contributed by atoms with Crippen LogP contribution >= 0.6 is 0 Å². The summed E-state index contributed by atoms with van der Waals surface area (Å²) in [6, 6.07) is 23.5. The molecule has 0 saturated heterocycles. The standard InChI is InChI=1S/C27H29N3O3/c28-23-12-6-7-13-24(23)30-26(31)21-16-14-19(15-17-21)18-29-25(20-8-2-1-3-9-20)27(32)33-22-10-4-5-11-22/h1-3,6-9,12-17,22,25,29H,4-5,10-11,18,28H2,(H,30,31)/t25-/m0/s1. The van der Waals surface area contributed by atoms with E-state index in [2.05, 4.69) is 10.6 Å². The van der Waals surface area contributed by atoms with E-state index in [0.29, 0.717) is 23.5 Å². The van der Waals surface area contributed by atoms with Gasteiger partial charge in [-0.3, -0.25) is 10.1 Å². The molecule has 0 radical (unpaired) electrons. The molecule has 1 saturated carbocycles. The van der Waals surface area contributed by atoms with Crippen LogP contribution in [0.15, 0.2) is 78.9 Å². The average Bonchev–Trinajstić information content (AvgIpc) is 3.35. The molecule has 0 unspecified atom stereocenters. The molecule has 4 rings (SSSR count). The minimum absolute atomic E-state index is 0.0157. The minimum atomic E-state index is -0.546. The van der Waals surface area contributed by atoms with Crippen molar-refractivity contribution < 1.29 is 14.3 Å². The number of carbonyl (C=O) groups is 2. The van der Waals surface area contributed by atoms with E-state index >= 15 is 0 Å². The number of amides is 1. The fraction of sp³-hybridized carbons (Fsp3) is 0.259. The number of hydrogen-bond donors (Lipinski definition) is 3. The van der Waals surface area contributed by atoms with Crippen LogP contribution in [0.2, 0.25) is 0 Å². The van der Waals surface area contributed by atoms with Crippen molar-refractivity contribution in [3.05, 3.63) is 95.6 Å². The molecule has 6 nitrogen and oxygen atoms in total. The highest BCUT2D eigenvalue weighted by atomic mass is 16.5. The van der Waals surface area contributed by atoms with Gasteiger partial charge >= 0.3 is 5.97 Å². The zero-order valence-corrected chi connectivity index (χ0v) is 18.5. The van der Waals surface area contributed by atoms with Crippen molar-refractivity contribution in [2.75, 3.05) is 11.1 Å². The van der Waals surface area contributed by atoms with E-state index in [1.54, 1.807) is 24.3 Å². The van der Waals surface area contributed by atoms with Gasteiger partial charge in [-0.2, -0.15) is 0 Å². The van der Waals surface area contributed by atoms with Gasteiger partial charge in [0.25, 0.3) is 5.91 Å². The second-order valence-corrected chi connectivity index (χ2v) is 8.31. The van der Waals surface area contributed by atoms with Crippen molar-refractivity contribution in [2.45, 2.75) is 44.4 Å². The fourth-order valence-electron chi connectivity index (χ4n) is 4.02. The molecular formula is C27H29N3O3. The lowest BCUT2D eigenvalue weighted by atomic mass is 10.1. The lowest BCUT2D eigenvalue weighted by Crippen LogP contribution is -2.32. The van der Waals surface area contributed by atoms with Gasteiger partial charge in [0.15, 0.2) is 0 Å². The van der Waals surface area contributed by atoms with Crippen molar-refractivity contribution in [2.24, 2.45) is 0 Å². The largest absolute Gasteiger partial charge is 0.461 e. The Morgan fingerprint density at radius 2 is 1.58 bits per heavy atom. The summed E-state index contributed by atoms with van der Waals surface area (Å²) in [7, 11) is 0. The quantitative estimate of drug-likeness (QED) is 0.342. The number of anilines is 2. The van der Waals surface area contributed by atoms with Gasteiger partial charge in [0.05, 0.1) is 11.4 Å². The van der Waals surface area contributed by atoms with E-state index in [-0.39, 0.29) is 18.0 Å². The van der Waals surface area contributed by atoms with Gasteiger partial charge in [0.1, 0.15) is 12.1 Å². The van der Waals surface area contributed by atoms with Gasteiger partial charge in [0, 0.05) is 12.1 Å². The third-order valence-corrected chi connectivity index (χ3v) is 5.89. The van der Waals surface area contributed by atoms with Gasteiger partial charge in [0.2, 0.25) is 0 Å². The predicted octanol–water partition coefficient (Wildman–Crippen LogP) is 4.84. The molecule has 0 aromatic heterocycles. The highest BCUT2D eigenvalue weighted by molar-refractivity contribution is 6.05. The Hall–Kier alpha value is -3.64. The smallest absolute Gasteiger partial charge is 0.328 e. The van der Waals surface area contributed by atoms with Crippen LogP contribution in [0.5, 0.6) is 0 Å². The number of hydrogen-bond acceptors (Lipinski definition) is 5. The van der Waals surface area contributed by atoms with Gasteiger partial charge in [-0.25, -0.2) is 4.79 Å². The molecule has 0 heterocycles. The average molecular weight is 444 g/mol. The maximum atomic E-state index is 12.9.